The molecule has 108 valence electrons. The highest BCUT2D eigenvalue weighted by atomic mass is 32.2. The van der Waals surface area contributed by atoms with E-state index in [1.54, 1.807) is 24.3 Å². The molecule has 0 aliphatic rings. The quantitative estimate of drug-likeness (QED) is 0.651. The van der Waals surface area contributed by atoms with E-state index in [2.05, 4.69) is 0 Å². The number of aliphatic hydroxyl groups excluding tert-OH is 1. The van der Waals surface area contributed by atoms with Gasteiger partial charge < -0.3 is 10.8 Å². The van der Waals surface area contributed by atoms with Crippen molar-refractivity contribution in [3.05, 3.63) is 63.7 Å². The molecule has 0 aliphatic carbocycles. The van der Waals surface area contributed by atoms with Crippen LogP contribution in [0.15, 0.2) is 52.3 Å². The highest BCUT2D eigenvalue weighted by Crippen LogP contribution is 2.35. The number of nitrogens with two attached hydrogens (primary N) is 1. The minimum absolute atomic E-state index is 0.0672. The van der Waals surface area contributed by atoms with Crippen LogP contribution in [0.2, 0.25) is 0 Å². The minimum Gasteiger partial charge on any atom is -0.392 e. The van der Waals surface area contributed by atoms with Gasteiger partial charge in [-0.05, 0) is 29.8 Å². The Morgan fingerprint density at radius 1 is 1.24 bits per heavy atom. The molecule has 0 aromatic heterocycles. The number of primary amides is 1. The van der Waals surface area contributed by atoms with Crippen molar-refractivity contribution in [3.63, 3.8) is 0 Å². The van der Waals surface area contributed by atoms with Crippen LogP contribution in [0.1, 0.15) is 15.9 Å². The van der Waals surface area contributed by atoms with E-state index in [4.69, 9.17) is 10.8 Å². The van der Waals surface area contributed by atoms with E-state index in [-0.39, 0.29) is 17.9 Å². The van der Waals surface area contributed by atoms with Crippen LogP contribution in [0.5, 0.6) is 0 Å². The minimum atomic E-state index is -0.637. The van der Waals surface area contributed by atoms with Crippen LogP contribution >= 0.6 is 11.8 Å². The molecular weight excluding hydrogens is 292 g/mol. The van der Waals surface area contributed by atoms with Gasteiger partial charge in [-0.15, -0.1) is 0 Å². The fourth-order valence-electron chi connectivity index (χ4n) is 1.69. The lowest BCUT2D eigenvalue weighted by atomic mass is 10.2. The number of nitro benzene ring substituents is 1. The van der Waals surface area contributed by atoms with E-state index >= 15 is 0 Å². The molecule has 0 unspecified atom stereocenters. The second-order valence-electron chi connectivity index (χ2n) is 4.21. The highest BCUT2D eigenvalue weighted by molar-refractivity contribution is 7.99. The maximum absolute atomic E-state index is 11.2. The Hall–Kier alpha value is -2.38. The van der Waals surface area contributed by atoms with Gasteiger partial charge in [0.15, 0.2) is 0 Å². The predicted molar refractivity (Wildman–Crippen MR) is 78.1 cm³/mol. The van der Waals surface area contributed by atoms with Crippen molar-refractivity contribution in [2.24, 2.45) is 5.73 Å². The number of rotatable bonds is 5. The molecule has 0 bridgehead atoms. The molecule has 0 heterocycles. The Bertz CT molecular complexity index is 686. The Kier molecular flexibility index (Phi) is 4.56. The van der Waals surface area contributed by atoms with Gasteiger partial charge in [0.2, 0.25) is 5.91 Å². The van der Waals surface area contributed by atoms with E-state index in [1.807, 2.05) is 0 Å². The number of hydrogen-bond acceptors (Lipinski definition) is 5. The van der Waals surface area contributed by atoms with E-state index in [9.17, 15) is 14.9 Å². The second kappa shape index (κ2) is 6.38. The molecule has 6 nitrogen and oxygen atoms in total. The van der Waals surface area contributed by atoms with Crippen LogP contribution in [-0.2, 0) is 6.61 Å². The van der Waals surface area contributed by atoms with Gasteiger partial charge in [0.1, 0.15) is 0 Å². The third-order valence-electron chi connectivity index (χ3n) is 2.77. The van der Waals surface area contributed by atoms with E-state index in [0.717, 1.165) is 22.2 Å². The first kappa shape index (κ1) is 15.0. The van der Waals surface area contributed by atoms with Gasteiger partial charge in [-0.2, -0.15) is 0 Å². The zero-order valence-corrected chi connectivity index (χ0v) is 11.7. The van der Waals surface area contributed by atoms with Crippen molar-refractivity contribution in [1.82, 2.24) is 0 Å². The molecule has 0 saturated carbocycles. The third kappa shape index (κ3) is 3.59. The molecule has 3 N–H and O–H groups in total. The molecule has 0 aliphatic heterocycles. The first-order chi connectivity index (χ1) is 10.0. The predicted octanol–water partition coefficient (Wildman–Crippen LogP) is 2.34. The monoisotopic (exact) mass is 304 g/mol. The van der Waals surface area contributed by atoms with Gasteiger partial charge in [0.25, 0.3) is 5.69 Å². The number of nitrogens with zero attached hydrogens (tertiary/aromatic N) is 1. The summed E-state index contributed by atoms with van der Waals surface area (Å²) >= 11 is 1.16. The first-order valence-electron chi connectivity index (χ1n) is 5.97. The number of carbonyl (C=O) groups excluding carboxylic acids is 1. The van der Waals surface area contributed by atoms with Crippen LogP contribution in [-0.4, -0.2) is 15.9 Å². The van der Waals surface area contributed by atoms with Gasteiger partial charge in [0, 0.05) is 16.5 Å². The normalized spacial score (nSPS) is 10.3. The molecule has 2 rings (SSSR count). The summed E-state index contributed by atoms with van der Waals surface area (Å²) in [6.45, 7) is -0.0672. The smallest absolute Gasteiger partial charge is 0.283 e. The largest absolute Gasteiger partial charge is 0.392 e. The number of benzene rings is 2. The number of carbonyl (C=O) groups is 1. The summed E-state index contributed by atoms with van der Waals surface area (Å²) in [4.78, 5) is 22.8. The van der Waals surface area contributed by atoms with Crippen molar-refractivity contribution in [3.8, 4) is 0 Å². The van der Waals surface area contributed by atoms with Crippen LogP contribution in [0.4, 0.5) is 5.69 Å². The summed E-state index contributed by atoms with van der Waals surface area (Å²) in [7, 11) is 0. The Morgan fingerprint density at radius 2 is 1.90 bits per heavy atom. The number of aliphatic hydroxyl groups is 1. The van der Waals surface area contributed by atoms with Gasteiger partial charge in [-0.1, -0.05) is 23.9 Å². The van der Waals surface area contributed by atoms with E-state index in [1.165, 1.54) is 18.2 Å². The molecule has 7 heteroatoms. The van der Waals surface area contributed by atoms with Crippen molar-refractivity contribution < 1.29 is 14.8 Å². The molecule has 0 fully saturated rings. The highest BCUT2D eigenvalue weighted by Gasteiger charge is 2.17. The van der Waals surface area contributed by atoms with Crippen molar-refractivity contribution in [2.75, 3.05) is 0 Å². The molecule has 2 aromatic rings. The van der Waals surface area contributed by atoms with Gasteiger partial charge in [-0.3, -0.25) is 14.9 Å². The lowest BCUT2D eigenvalue weighted by molar-refractivity contribution is -0.387. The summed E-state index contributed by atoms with van der Waals surface area (Å²) in [6, 6.07) is 11.0. The molecule has 0 atom stereocenters. The first-order valence-corrected chi connectivity index (χ1v) is 6.79. The summed E-state index contributed by atoms with van der Waals surface area (Å²) in [5.74, 6) is -0.637. The van der Waals surface area contributed by atoms with Crippen LogP contribution < -0.4 is 5.73 Å². The van der Waals surface area contributed by atoms with Gasteiger partial charge >= 0.3 is 0 Å². The summed E-state index contributed by atoms with van der Waals surface area (Å²) in [5.41, 5.74) is 6.07. The van der Waals surface area contributed by atoms with Crippen molar-refractivity contribution in [2.45, 2.75) is 16.4 Å². The number of amides is 1. The van der Waals surface area contributed by atoms with E-state index in [0.29, 0.717) is 4.90 Å². The zero-order valence-electron chi connectivity index (χ0n) is 10.9. The van der Waals surface area contributed by atoms with Gasteiger partial charge in [0.05, 0.1) is 16.4 Å². The zero-order chi connectivity index (χ0) is 15.4. The number of nitro groups is 1. The third-order valence-corrected chi connectivity index (χ3v) is 3.83. The lowest BCUT2D eigenvalue weighted by Gasteiger charge is -2.05. The topological polar surface area (TPSA) is 106 Å². The maximum atomic E-state index is 11.2. The SMILES string of the molecule is NC(=O)c1ccc([N+](=O)[O-])c(Sc2ccc(CO)cc2)c1. The van der Waals surface area contributed by atoms with Crippen LogP contribution in [0, 0.1) is 10.1 Å². The molecule has 21 heavy (non-hydrogen) atoms. The molecule has 0 spiro atoms. The fraction of sp³-hybridized carbons (Fsp3) is 0.0714. The summed E-state index contributed by atoms with van der Waals surface area (Å²) in [6.07, 6.45) is 0. The van der Waals surface area contributed by atoms with Crippen molar-refractivity contribution in [1.29, 1.82) is 0 Å². The fourth-order valence-corrected chi connectivity index (χ4v) is 2.65. The number of hydrogen-bond donors (Lipinski definition) is 2. The second-order valence-corrected chi connectivity index (χ2v) is 5.32. The standard InChI is InChI=1S/C14H12N2O4S/c15-14(18)10-3-6-12(16(19)20)13(7-10)21-11-4-1-9(8-17)2-5-11/h1-7,17H,8H2,(H2,15,18). The molecular formula is C14H12N2O4S. The van der Waals surface area contributed by atoms with Crippen molar-refractivity contribution >= 4 is 23.4 Å². The van der Waals surface area contributed by atoms with E-state index < -0.39 is 10.8 Å². The Balaban J connectivity index is 2.37. The molecule has 1 amide bonds. The molecule has 0 saturated heterocycles. The maximum Gasteiger partial charge on any atom is 0.283 e. The summed E-state index contributed by atoms with van der Waals surface area (Å²) in [5, 5.41) is 20.0. The average molecular weight is 304 g/mol. The lowest BCUT2D eigenvalue weighted by Crippen LogP contribution is -2.11. The van der Waals surface area contributed by atoms with Gasteiger partial charge in [-0.25, -0.2) is 0 Å². The Morgan fingerprint density at radius 3 is 2.43 bits per heavy atom. The molecule has 0 radical (unpaired) electrons. The van der Waals surface area contributed by atoms with Crippen LogP contribution in [0.3, 0.4) is 0 Å². The van der Waals surface area contributed by atoms with Crippen LogP contribution in [0.25, 0.3) is 0 Å². The molecule has 2 aromatic carbocycles. The Labute approximate surface area is 124 Å². The summed E-state index contributed by atoms with van der Waals surface area (Å²) < 4.78 is 0. The average Bonchev–Trinajstić information content (AvgIpc) is 2.47.